The maximum atomic E-state index is 15.7. The number of fused-ring (bicyclic) bond motifs is 1. The van der Waals surface area contributed by atoms with Crippen LogP contribution < -0.4 is 15.8 Å². The number of nitrogens with one attached hydrogen (secondary N) is 2. The van der Waals surface area contributed by atoms with Crippen molar-refractivity contribution in [2.24, 2.45) is 0 Å². The molecule has 0 amide bonds. The molecule has 0 bridgehead atoms. The minimum Gasteiger partial charge on any atom is -0.383 e. The van der Waals surface area contributed by atoms with Gasteiger partial charge in [0.25, 0.3) is 10.0 Å². The zero-order valence-electron chi connectivity index (χ0n) is 23.8. The van der Waals surface area contributed by atoms with E-state index in [-0.39, 0.29) is 39.0 Å². The molecule has 2 aliphatic rings. The zero-order chi connectivity index (χ0) is 30.5. The molecule has 1 aliphatic heterocycles. The molecule has 6 rings (SSSR count). The van der Waals surface area contributed by atoms with Crippen LogP contribution in [-0.2, 0) is 14.8 Å². The summed E-state index contributed by atoms with van der Waals surface area (Å²) < 4.78 is 66.1. The number of rotatable bonds is 8. The molecule has 43 heavy (non-hydrogen) atoms. The maximum absolute atomic E-state index is 15.7. The van der Waals surface area contributed by atoms with Gasteiger partial charge < -0.3 is 15.8 Å². The predicted molar refractivity (Wildman–Crippen MR) is 163 cm³/mol. The van der Waals surface area contributed by atoms with Gasteiger partial charge in [-0.05, 0) is 69.2 Å². The van der Waals surface area contributed by atoms with Crippen molar-refractivity contribution < 1.29 is 21.9 Å². The minimum atomic E-state index is -4.29. The molecule has 228 valence electrons. The Labute approximate surface area is 253 Å². The quantitative estimate of drug-likeness (QED) is 0.218. The first-order valence-corrected chi connectivity index (χ1v) is 16.2. The third-order valence-corrected chi connectivity index (χ3v) is 10.1. The van der Waals surface area contributed by atoms with Gasteiger partial charge in [-0.1, -0.05) is 23.7 Å². The lowest BCUT2D eigenvalue weighted by atomic mass is 9.81. The lowest BCUT2D eigenvalue weighted by Gasteiger charge is -2.35. The van der Waals surface area contributed by atoms with E-state index in [0.29, 0.717) is 17.5 Å². The van der Waals surface area contributed by atoms with E-state index in [2.05, 4.69) is 15.0 Å². The number of nitrogens with zero attached hydrogens (tertiary/aromatic N) is 3. The van der Waals surface area contributed by atoms with E-state index in [1.54, 1.807) is 16.9 Å². The Kier molecular flexibility index (Phi) is 8.05. The van der Waals surface area contributed by atoms with Gasteiger partial charge in [-0.3, -0.25) is 9.40 Å². The maximum Gasteiger partial charge on any atom is 0.263 e. The Morgan fingerprint density at radius 3 is 2.44 bits per heavy atom. The van der Waals surface area contributed by atoms with Gasteiger partial charge in [0.05, 0.1) is 40.9 Å². The fourth-order valence-electron chi connectivity index (χ4n) is 5.98. The third kappa shape index (κ3) is 5.68. The summed E-state index contributed by atoms with van der Waals surface area (Å²) in [6.07, 6.45) is 5.66. The Morgan fingerprint density at radius 2 is 1.79 bits per heavy atom. The second-order valence-electron chi connectivity index (χ2n) is 11.5. The van der Waals surface area contributed by atoms with E-state index in [1.807, 2.05) is 13.8 Å². The summed E-state index contributed by atoms with van der Waals surface area (Å²) in [7, 11) is -4.29. The molecule has 9 nitrogen and oxygen atoms in total. The van der Waals surface area contributed by atoms with Gasteiger partial charge >= 0.3 is 0 Å². The largest absolute Gasteiger partial charge is 0.383 e. The standard InChI is InChI=1S/C30H33ClF2N6O3S/c1-16(2)39-29-21(17-7-9-18(10-8-17)36-19-14-42-15-19)13-35-30(34)27(29)28(37-39)20-11-24(33)25(12-23(20)32)38-43(40,41)26-6-4-3-5-22(26)31/h3-6,11-13,16-19,36,38H,7-10,14-15H2,1-2H3,(H2,34,35)/t17-,18-. The molecule has 1 aliphatic carbocycles. The monoisotopic (exact) mass is 630 g/mol. The highest BCUT2D eigenvalue weighted by Crippen LogP contribution is 2.42. The van der Waals surface area contributed by atoms with Crippen molar-refractivity contribution in [1.82, 2.24) is 20.1 Å². The van der Waals surface area contributed by atoms with Crippen LogP contribution in [0.3, 0.4) is 0 Å². The van der Waals surface area contributed by atoms with Gasteiger partial charge in [-0.15, -0.1) is 0 Å². The smallest absolute Gasteiger partial charge is 0.263 e. The van der Waals surface area contributed by atoms with Crippen LogP contribution in [0.4, 0.5) is 20.3 Å². The molecule has 4 aromatic rings. The van der Waals surface area contributed by atoms with Crippen molar-refractivity contribution in [2.75, 3.05) is 23.7 Å². The van der Waals surface area contributed by atoms with Crippen LogP contribution in [0, 0.1) is 11.6 Å². The van der Waals surface area contributed by atoms with Crippen LogP contribution in [0.15, 0.2) is 47.5 Å². The van der Waals surface area contributed by atoms with Crippen LogP contribution in [-0.4, -0.2) is 48.5 Å². The van der Waals surface area contributed by atoms with Crippen LogP contribution >= 0.6 is 11.6 Å². The molecule has 4 N–H and O–H groups in total. The highest BCUT2D eigenvalue weighted by Gasteiger charge is 2.31. The van der Waals surface area contributed by atoms with Crippen LogP contribution in [0.2, 0.25) is 5.02 Å². The van der Waals surface area contributed by atoms with Crippen molar-refractivity contribution in [3.8, 4) is 11.3 Å². The first kappa shape index (κ1) is 29.7. The molecule has 0 unspecified atom stereocenters. The number of hydrogen-bond donors (Lipinski definition) is 3. The Bertz CT molecular complexity index is 1790. The fourth-order valence-corrected chi connectivity index (χ4v) is 7.56. The molecule has 0 atom stereocenters. The molecular formula is C30H33ClF2N6O3S. The van der Waals surface area contributed by atoms with Crippen molar-refractivity contribution in [1.29, 1.82) is 0 Å². The number of sulfonamides is 1. The summed E-state index contributed by atoms with van der Waals surface area (Å²) in [5, 5.41) is 8.79. The number of hydrogen-bond acceptors (Lipinski definition) is 7. The van der Waals surface area contributed by atoms with Crippen molar-refractivity contribution in [2.45, 2.75) is 68.5 Å². The van der Waals surface area contributed by atoms with E-state index in [1.165, 1.54) is 18.2 Å². The van der Waals surface area contributed by atoms with Crippen LogP contribution in [0.1, 0.15) is 57.1 Å². The molecular weight excluding hydrogens is 598 g/mol. The first-order valence-electron chi connectivity index (χ1n) is 14.3. The summed E-state index contributed by atoms with van der Waals surface area (Å²) in [6.45, 7) is 5.43. The molecule has 1 saturated carbocycles. The topological polar surface area (TPSA) is 124 Å². The Hall–Kier alpha value is -3.32. The normalized spacial score (nSPS) is 19.6. The number of benzene rings is 2. The molecule has 0 radical (unpaired) electrons. The number of nitrogen functional groups attached to an aromatic ring is 1. The van der Waals surface area contributed by atoms with Crippen molar-refractivity contribution in [3.05, 3.63) is 64.8 Å². The van der Waals surface area contributed by atoms with Gasteiger partial charge in [0.1, 0.15) is 28.0 Å². The summed E-state index contributed by atoms with van der Waals surface area (Å²) in [6, 6.07) is 8.19. The van der Waals surface area contributed by atoms with Crippen LogP contribution in [0.25, 0.3) is 22.2 Å². The number of ether oxygens (including phenoxy) is 1. The summed E-state index contributed by atoms with van der Waals surface area (Å²) in [4.78, 5) is 4.21. The average Bonchev–Trinajstić information content (AvgIpc) is 3.35. The lowest BCUT2D eigenvalue weighted by molar-refractivity contribution is -0.0121. The highest BCUT2D eigenvalue weighted by molar-refractivity contribution is 7.92. The summed E-state index contributed by atoms with van der Waals surface area (Å²) >= 11 is 6.03. The third-order valence-electron chi connectivity index (χ3n) is 8.23. The minimum absolute atomic E-state index is 0.0466. The molecule has 2 fully saturated rings. The van der Waals surface area contributed by atoms with Gasteiger partial charge in [-0.25, -0.2) is 22.2 Å². The number of anilines is 2. The van der Waals surface area contributed by atoms with E-state index >= 15 is 8.78 Å². The van der Waals surface area contributed by atoms with E-state index < -0.39 is 27.3 Å². The number of aromatic nitrogens is 3. The molecule has 1 saturated heterocycles. The Balaban J connectivity index is 1.36. The number of nitrogens with two attached hydrogens (primary N) is 1. The Morgan fingerprint density at radius 1 is 1.07 bits per heavy atom. The average molecular weight is 631 g/mol. The fraction of sp³-hybridized carbons (Fsp3) is 0.400. The molecule has 3 heterocycles. The van der Waals surface area contributed by atoms with E-state index in [9.17, 15) is 8.42 Å². The summed E-state index contributed by atoms with van der Waals surface area (Å²) in [5.74, 6) is -1.49. The van der Waals surface area contributed by atoms with Gasteiger partial charge in [-0.2, -0.15) is 5.10 Å². The number of pyridine rings is 1. The second kappa shape index (κ2) is 11.6. The van der Waals surface area contributed by atoms with Gasteiger partial charge in [0.15, 0.2) is 0 Å². The predicted octanol–water partition coefficient (Wildman–Crippen LogP) is 6.01. The first-order chi connectivity index (χ1) is 20.5. The molecule has 2 aromatic carbocycles. The molecule has 13 heteroatoms. The van der Waals surface area contributed by atoms with E-state index in [4.69, 9.17) is 27.2 Å². The van der Waals surface area contributed by atoms with Crippen molar-refractivity contribution >= 4 is 44.0 Å². The van der Waals surface area contributed by atoms with Gasteiger partial charge in [0.2, 0.25) is 0 Å². The number of halogens is 3. The second-order valence-corrected chi connectivity index (χ2v) is 13.6. The van der Waals surface area contributed by atoms with E-state index in [0.717, 1.165) is 62.1 Å². The van der Waals surface area contributed by atoms with Crippen molar-refractivity contribution in [3.63, 3.8) is 0 Å². The SMILES string of the molecule is CC(C)n1nc(-c2cc(F)c(NS(=O)(=O)c3ccccc3Cl)cc2F)c2c(N)ncc([C@H]3CC[C@H](NC4COC4)CC3)c21. The highest BCUT2D eigenvalue weighted by atomic mass is 35.5. The van der Waals surface area contributed by atoms with Gasteiger partial charge in [0, 0.05) is 29.9 Å². The lowest BCUT2D eigenvalue weighted by Crippen LogP contribution is -2.51. The zero-order valence-corrected chi connectivity index (χ0v) is 25.4. The summed E-state index contributed by atoms with van der Waals surface area (Å²) in [5.41, 5.74) is 7.55. The molecule has 0 spiro atoms. The molecule has 2 aromatic heterocycles. The van der Waals surface area contributed by atoms with Crippen LogP contribution in [0.5, 0.6) is 0 Å².